The van der Waals surface area contributed by atoms with E-state index in [1.807, 2.05) is 12.1 Å². The van der Waals surface area contributed by atoms with Crippen molar-refractivity contribution in [3.63, 3.8) is 0 Å². The van der Waals surface area contributed by atoms with Gasteiger partial charge < -0.3 is 9.84 Å². The van der Waals surface area contributed by atoms with E-state index in [0.717, 1.165) is 22.0 Å². The van der Waals surface area contributed by atoms with Gasteiger partial charge in [0.05, 0.1) is 22.8 Å². The molecule has 0 atom stereocenters. The van der Waals surface area contributed by atoms with Crippen molar-refractivity contribution in [2.45, 2.75) is 13.8 Å². The highest BCUT2D eigenvalue weighted by molar-refractivity contribution is 6.05. The average molecular weight is 358 g/mol. The molecule has 27 heavy (non-hydrogen) atoms. The monoisotopic (exact) mass is 358 g/mol. The van der Waals surface area contributed by atoms with E-state index < -0.39 is 0 Å². The summed E-state index contributed by atoms with van der Waals surface area (Å²) >= 11 is 0. The van der Waals surface area contributed by atoms with Gasteiger partial charge >= 0.3 is 0 Å². The summed E-state index contributed by atoms with van der Waals surface area (Å²) in [4.78, 5) is 16.8. The van der Waals surface area contributed by atoms with Gasteiger partial charge in [-0.15, -0.1) is 0 Å². The van der Waals surface area contributed by atoms with Crippen LogP contribution in [0.5, 0.6) is 0 Å². The molecule has 132 valence electrons. The van der Waals surface area contributed by atoms with Gasteiger partial charge in [-0.1, -0.05) is 5.16 Å². The molecule has 3 heterocycles. The molecule has 1 aromatic carbocycles. The van der Waals surface area contributed by atoms with Crippen molar-refractivity contribution >= 4 is 22.5 Å². The molecule has 0 radical (unpaired) electrons. The highest BCUT2D eigenvalue weighted by Gasteiger charge is 2.16. The molecule has 0 unspecified atom stereocenters. The Morgan fingerprint density at radius 2 is 2.11 bits per heavy atom. The number of pyridine rings is 1. The first-order chi connectivity index (χ1) is 13.1. The average Bonchev–Trinajstić information content (AvgIpc) is 3.32. The molecule has 4 aromatic rings. The second kappa shape index (κ2) is 6.38. The minimum absolute atomic E-state index is 0.290. The number of hydrogen-bond donors (Lipinski definition) is 2. The lowest BCUT2D eigenvalue weighted by molar-refractivity contribution is 0.102. The molecule has 3 aromatic heterocycles. The number of nitrogens with zero attached hydrogens (tertiary/aromatic N) is 4. The summed E-state index contributed by atoms with van der Waals surface area (Å²) < 4.78 is 4.88. The third-order valence-electron chi connectivity index (χ3n) is 4.51. The highest BCUT2D eigenvalue weighted by atomic mass is 16.5. The number of amides is 1. The zero-order chi connectivity index (χ0) is 19.0. The summed E-state index contributed by atoms with van der Waals surface area (Å²) in [7, 11) is 0. The minimum Gasteiger partial charge on any atom is -0.364 e. The maximum absolute atomic E-state index is 12.7. The third-order valence-corrected chi connectivity index (χ3v) is 4.51. The first-order valence-electron chi connectivity index (χ1n) is 8.14. The molecular formula is C19H14N6O2. The first kappa shape index (κ1) is 16.5. The van der Waals surface area contributed by atoms with Crippen LogP contribution >= 0.6 is 0 Å². The van der Waals surface area contributed by atoms with Crippen LogP contribution in [-0.4, -0.2) is 26.2 Å². The van der Waals surface area contributed by atoms with Crippen molar-refractivity contribution < 1.29 is 9.32 Å². The summed E-state index contributed by atoms with van der Waals surface area (Å²) in [5.74, 6) is -0.338. The predicted octanol–water partition coefficient (Wildman–Crippen LogP) is 3.35. The van der Waals surface area contributed by atoms with Gasteiger partial charge in [-0.2, -0.15) is 10.4 Å². The van der Waals surface area contributed by atoms with Crippen LogP contribution in [-0.2, 0) is 0 Å². The van der Waals surface area contributed by atoms with E-state index in [1.165, 1.54) is 12.5 Å². The zero-order valence-corrected chi connectivity index (χ0v) is 14.6. The zero-order valence-electron chi connectivity index (χ0n) is 14.6. The fraction of sp³-hybridized carbons (Fsp3) is 0.105. The van der Waals surface area contributed by atoms with Gasteiger partial charge in [0.2, 0.25) is 0 Å². The second-order valence-corrected chi connectivity index (χ2v) is 6.08. The number of anilines is 1. The molecule has 0 aliphatic carbocycles. The number of rotatable bonds is 3. The molecule has 0 aliphatic rings. The lowest BCUT2D eigenvalue weighted by Crippen LogP contribution is -2.16. The van der Waals surface area contributed by atoms with Crippen LogP contribution < -0.4 is 5.32 Å². The van der Waals surface area contributed by atoms with Gasteiger partial charge in [0, 0.05) is 17.3 Å². The van der Waals surface area contributed by atoms with Crippen molar-refractivity contribution in [2.24, 2.45) is 0 Å². The molecule has 0 saturated carbocycles. The summed E-state index contributed by atoms with van der Waals surface area (Å²) in [5.41, 5.74) is 5.04. The normalized spacial score (nSPS) is 10.7. The van der Waals surface area contributed by atoms with Gasteiger partial charge in [-0.3, -0.25) is 9.89 Å². The van der Waals surface area contributed by atoms with E-state index in [2.05, 4.69) is 31.7 Å². The smallest absolute Gasteiger partial charge is 0.274 e. The van der Waals surface area contributed by atoms with E-state index in [9.17, 15) is 4.79 Å². The topological polar surface area (TPSA) is 120 Å². The van der Waals surface area contributed by atoms with Gasteiger partial charge in [-0.05, 0) is 43.2 Å². The molecule has 0 aliphatic heterocycles. The molecular weight excluding hydrogens is 344 g/mol. The molecule has 0 spiro atoms. The SMILES string of the molecule is Cc1c(C#N)cnc(C(=O)Nc2ccc3[nH]nc(-c4cnoc4)c3c2)c1C. The van der Waals surface area contributed by atoms with Crippen LogP contribution in [0.3, 0.4) is 0 Å². The highest BCUT2D eigenvalue weighted by Crippen LogP contribution is 2.28. The lowest BCUT2D eigenvalue weighted by Gasteiger charge is -2.10. The van der Waals surface area contributed by atoms with Crippen LogP contribution in [0, 0.1) is 25.2 Å². The summed E-state index contributed by atoms with van der Waals surface area (Å²) in [6, 6.07) is 7.51. The molecule has 0 fully saturated rings. The van der Waals surface area contributed by atoms with Crippen molar-refractivity contribution in [1.82, 2.24) is 20.3 Å². The number of benzene rings is 1. The lowest BCUT2D eigenvalue weighted by atomic mass is 10.0. The molecule has 8 heteroatoms. The summed E-state index contributed by atoms with van der Waals surface area (Å²) in [6.07, 6.45) is 4.50. The molecule has 1 amide bonds. The van der Waals surface area contributed by atoms with Gasteiger partial charge in [0.15, 0.2) is 0 Å². The Labute approximate surface area is 153 Å². The van der Waals surface area contributed by atoms with Gasteiger partial charge in [-0.25, -0.2) is 4.98 Å². The number of fused-ring (bicyclic) bond motifs is 1. The largest absolute Gasteiger partial charge is 0.364 e. The Hall–Kier alpha value is -3.99. The fourth-order valence-electron chi connectivity index (χ4n) is 2.87. The summed E-state index contributed by atoms with van der Waals surface area (Å²) in [5, 5.41) is 23.7. The Morgan fingerprint density at radius 3 is 2.85 bits per heavy atom. The molecule has 0 saturated heterocycles. The Kier molecular flexibility index (Phi) is 3.90. The summed E-state index contributed by atoms with van der Waals surface area (Å²) in [6.45, 7) is 3.58. The first-order valence-corrected chi connectivity index (χ1v) is 8.14. The van der Waals surface area contributed by atoms with E-state index >= 15 is 0 Å². The quantitative estimate of drug-likeness (QED) is 0.579. The number of nitriles is 1. The third kappa shape index (κ3) is 2.81. The predicted molar refractivity (Wildman–Crippen MR) is 98.0 cm³/mol. The van der Waals surface area contributed by atoms with E-state index in [-0.39, 0.29) is 11.6 Å². The maximum atomic E-state index is 12.7. The number of aromatic amines is 1. The number of aromatic nitrogens is 4. The number of nitrogens with one attached hydrogen (secondary N) is 2. The Bertz CT molecular complexity index is 1200. The van der Waals surface area contributed by atoms with Gasteiger partial charge in [0.25, 0.3) is 5.91 Å². The number of carbonyl (C=O) groups excluding carboxylic acids is 1. The van der Waals surface area contributed by atoms with E-state index in [1.54, 1.807) is 26.1 Å². The Morgan fingerprint density at radius 1 is 1.26 bits per heavy atom. The van der Waals surface area contributed by atoms with E-state index in [4.69, 9.17) is 9.78 Å². The van der Waals surface area contributed by atoms with Crippen LogP contribution in [0.4, 0.5) is 5.69 Å². The van der Waals surface area contributed by atoms with Crippen LogP contribution in [0.1, 0.15) is 27.2 Å². The fourth-order valence-corrected chi connectivity index (χ4v) is 2.87. The molecule has 2 N–H and O–H groups in total. The van der Waals surface area contributed by atoms with E-state index in [0.29, 0.717) is 22.5 Å². The van der Waals surface area contributed by atoms with Crippen LogP contribution in [0.25, 0.3) is 22.2 Å². The molecule has 0 bridgehead atoms. The Balaban J connectivity index is 1.68. The van der Waals surface area contributed by atoms with Crippen LogP contribution in [0.15, 0.2) is 41.4 Å². The van der Waals surface area contributed by atoms with Crippen molar-refractivity contribution in [1.29, 1.82) is 5.26 Å². The van der Waals surface area contributed by atoms with Gasteiger partial charge in [0.1, 0.15) is 23.7 Å². The molecule has 8 nitrogen and oxygen atoms in total. The van der Waals surface area contributed by atoms with Crippen molar-refractivity contribution in [2.75, 3.05) is 5.32 Å². The number of carbonyl (C=O) groups is 1. The number of hydrogen-bond acceptors (Lipinski definition) is 6. The standard InChI is InChI=1S/C19H14N6O2/c1-10-11(2)17(21-7-12(10)6-20)19(26)23-14-3-4-16-15(5-14)18(25-24-16)13-8-22-27-9-13/h3-5,7-9H,1-2H3,(H,23,26)(H,24,25). The van der Waals surface area contributed by atoms with Crippen molar-refractivity contribution in [3.8, 4) is 17.3 Å². The van der Waals surface area contributed by atoms with Crippen LogP contribution in [0.2, 0.25) is 0 Å². The van der Waals surface area contributed by atoms with Crippen molar-refractivity contribution in [3.05, 3.63) is 59.2 Å². The second-order valence-electron chi connectivity index (χ2n) is 6.08. The number of H-pyrrole nitrogens is 1. The molecule has 4 rings (SSSR count). The maximum Gasteiger partial charge on any atom is 0.274 e. The minimum atomic E-state index is -0.338.